The van der Waals surface area contributed by atoms with Crippen LogP contribution in [-0.2, 0) is 4.74 Å². The van der Waals surface area contributed by atoms with Crippen LogP contribution in [0.3, 0.4) is 0 Å². The molecule has 2 saturated heterocycles. The maximum absolute atomic E-state index is 5.68. The Morgan fingerprint density at radius 2 is 2.27 bits per heavy atom. The molecule has 0 radical (unpaired) electrons. The number of hydrogen-bond donors (Lipinski definition) is 0. The first-order valence-electron chi connectivity index (χ1n) is 4.66. The Bertz CT molecular complexity index is 146. The largest absolute Gasteiger partial charge is 0.361 e. The summed E-state index contributed by atoms with van der Waals surface area (Å²) >= 11 is 0. The lowest BCUT2D eigenvalue weighted by atomic mass is 10.1. The Balaban J connectivity index is 2.03. The summed E-state index contributed by atoms with van der Waals surface area (Å²) in [6.07, 6.45) is 3.05. The van der Waals surface area contributed by atoms with Gasteiger partial charge in [0.1, 0.15) is 6.23 Å². The normalized spacial score (nSPS) is 38.5. The molecule has 64 valence electrons. The van der Waals surface area contributed by atoms with E-state index in [1.807, 2.05) is 0 Å². The van der Waals surface area contributed by atoms with Gasteiger partial charge in [-0.3, -0.25) is 4.90 Å². The summed E-state index contributed by atoms with van der Waals surface area (Å²) < 4.78 is 5.68. The minimum absolute atomic E-state index is 0.474. The first-order valence-corrected chi connectivity index (χ1v) is 4.66. The highest BCUT2D eigenvalue weighted by molar-refractivity contribution is 4.86. The van der Waals surface area contributed by atoms with Gasteiger partial charge in [0.05, 0.1) is 6.61 Å². The van der Waals surface area contributed by atoms with Crippen LogP contribution in [0.4, 0.5) is 0 Å². The van der Waals surface area contributed by atoms with Crippen molar-refractivity contribution in [3.05, 3.63) is 0 Å². The fourth-order valence-electron chi connectivity index (χ4n) is 2.20. The Labute approximate surface area is 68.5 Å². The van der Waals surface area contributed by atoms with Crippen molar-refractivity contribution in [1.82, 2.24) is 4.90 Å². The predicted molar refractivity (Wildman–Crippen MR) is 44.3 cm³/mol. The molecule has 0 saturated carbocycles. The molecule has 2 rings (SSSR count). The first-order chi connectivity index (χ1) is 5.29. The number of ether oxygens (including phenoxy) is 1. The second kappa shape index (κ2) is 2.76. The molecule has 0 aromatic heterocycles. The number of rotatable bonds is 1. The van der Waals surface area contributed by atoms with Crippen LogP contribution >= 0.6 is 0 Å². The maximum Gasteiger partial charge on any atom is 0.111 e. The molecule has 11 heavy (non-hydrogen) atoms. The van der Waals surface area contributed by atoms with E-state index in [-0.39, 0.29) is 0 Å². The molecule has 2 aliphatic heterocycles. The molecular formula is C9H17NO. The first kappa shape index (κ1) is 7.56. The summed E-state index contributed by atoms with van der Waals surface area (Å²) in [5, 5.41) is 0. The van der Waals surface area contributed by atoms with Gasteiger partial charge in [-0.1, -0.05) is 13.8 Å². The van der Waals surface area contributed by atoms with E-state index in [2.05, 4.69) is 18.7 Å². The molecule has 0 N–H and O–H groups in total. The molecule has 2 atom stereocenters. The molecule has 2 heteroatoms. The molecule has 0 amide bonds. The Morgan fingerprint density at radius 1 is 1.45 bits per heavy atom. The summed E-state index contributed by atoms with van der Waals surface area (Å²) in [6, 6.07) is 0.697. The summed E-state index contributed by atoms with van der Waals surface area (Å²) in [5.74, 6) is 0.748. The van der Waals surface area contributed by atoms with Crippen molar-refractivity contribution in [2.45, 2.75) is 39.0 Å². The van der Waals surface area contributed by atoms with Gasteiger partial charge >= 0.3 is 0 Å². The minimum Gasteiger partial charge on any atom is -0.361 e. The Kier molecular flexibility index (Phi) is 1.90. The number of nitrogens with zero attached hydrogens (tertiary/aromatic N) is 1. The van der Waals surface area contributed by atoms with Gasteiger partial charge in [0.25, 0.3) is 0 Å². The lowest BCUT2D eigenvalue weighted by molar-refractivity contribution is 0.0580. The molecule has 2 aliphatic rings. The monoisotopic (exact) mass is 155 g/mol. The fourth-order valence-corrected chi connectivity index (χ4v) is 2.20. The summed E-state index contributed by atoms with van der Waals surface area (Å²) in [6.45, 7) is 6.79. The highest BCUT2D eigenvalue weighted by Crippen LogP contribution is 2.30. The van der Waals surface area contributed by atoms with Gasteiger partial charge in [0.15, 0.2) is 0 Å². The van der Waals surface area contributed by atoms with E-state index in [1.54, 1.807) is 0 Å². The number of hydrogen-bond acceptors (Lipinski definition) is 2. The average molecular weight is 155 g/mol. The van der Waals surface area contributed by atoms with Crippen LogP contribution in [-0.4, -0.2) is 30.3 Å². The molecule has 2 nitrogen and oxygen atoms in total. The highest BCUT2D eigenvalue weighted by Gasteiger charge is 2.38. The second-order valence-electron chi connectivity index (χ2n) is 3.98. The van der Waals surface area contributed by atoms with Gasteiger partial charge in [-0.2, -0.15) is 0 Å². The molecule has 0 aromatic carbocycles. The van der Waals surface area contributed by atoms with Crippen molar-refractivity contribution in [2.24, 2.45) is 5.92 Å². The molecule has 2 heterocycles. The van der Waals surface area contributed by atoms with Gasteiger partial charge < -0.3 is 4.74 Å². The minimum atomic E-state index is 0.474. The smallest absolute Gasteiger partial charge is 0.111 e. The van der Waals surface area contributed by atoms with Crippen LogP contribution in [0, 0.1) is 5.92 Å². The zero-order valence-electron chi connectivity index (χ0n) is 7.42. The average Bonchev–Trinajstić information content (AvgIpc) is 2.41. The van der Waals surface area contributed by atoms with E-state index in [1.165, 1.54) is 19.4 Å². The lowest BCUT2D eigenvalue weighted by Crippen LogP contribution is -2.36. The van der Waals surface area contributed by atoms with E-state index in [0.29, 0.717) is 12.3 Å². The molecular weight excluding hydrogens is 138 g/mol. The quantitative estimate of drug-likeness (QED) is 0.568. The van der Waals surface area contributed by atoms with E-state index in [9.17, 15) is 0 Å². The van der Waals surface area contributed by atoms with Gasteiger partial charge in [0, 0.05) is 12.6 Å². The van der Waals surface area contributed by atoms with Gasteiger partial charge in [-0.05, 0) is 18.8 Å². The summed E-state index contributed by atoms with van der Waals surface area (Å²) in [5.41, 5.74) is 0. The van der Waals surface area contributed by atoms with Crippen LogP contribution in [0.25, 0.3) is 0 Å². The third-order valence-electron chi connectivity index (χ3n) is 2.89. The molecule has 0 aliphatic carbocycles. The van der Waals surface area contributed by atoms with Crippen LogP contribution in [0.2, 0.25) is 0 Å². The lowest BCUT2D eigenvalue weighted by Gasteiger charge is -2.23. The topological polar surface area (TPSA) is 12.5 Å². The Hall–Kier alpha value is -0.0800. The maximum atomic E-state index is 5.68. The van der Waals surface area contributed by atoms with Crippen molar-refractivity contribution >= 4 is 0 Å². The van der Waals surface area contributed by atoms with Crippen LogP contribution in [0.1, 0.15) is 26.7 Å². The van der Waals surface area contributed by atoms with E-state index < -0.39 is 0 Å². The van der Waals surface area contributed by atoms with Crippen LogP contribution < -0.4 is 0 Å². The van der Waals surface area contributed by atoms with Crippen molar-refractivity contribution < 1.29 is 4.74 Å². The van der Waals surface area contributed by atoms with Gasteiger partial charge in [-0.15, -0.1) is 0 Å². The zero-order valence-corrected chi connectivity index (χ0v) is 7.42. The third-order valence-corrected chi connectivity index (χ3v) is 2.89. The predicted octanol–water partition coefficient (Wildman–Crippen LogP) is 1.46. The molecule has 2 fully saturated rings. The van der Waals surface area contributed by atoms with Crippen molar-refractivity contribution in [2.75, 3.05) is 13.2 Å². The SMILES string of the molecule is CC(C)[C@@H]1CO[C@H]2CCCN21. The van der Waals surface area contributed by atoms with Crippen molar-refractivity contribution in [3.63, 3.8) is 0 Å². The number of fused-ring (bicyclic) bond motifs is 1. The van der Waals surface area contributed by atoms with E-state index in [0.717, 1.165) is 12.5 Å². The standard InChI is InChI=1S/C9H17NO/c1-7(2)8-6-11-9-4-3-5-10(8)9/h7-9H,3-6H2,1-2H3/t8-,9-/m0/s1. The van der Waals surface area contributed by atoms with E-state index >= 15 is 0 Å². The van der Waals surface area contributed by atoms with Crippen LogP contribution in [0.15, 0.2) is 0 Å². The Morgan fingerprint density at radius 3 is 3.00 bits per heavy atom. The van der Waals surface area contributed by atoms with Gasteiger partial charge in [-0.25, -0.2) is 0 Å². The molecule has 0 unspecified atom stereocenters. The molecule has 0 aromatic rings. The summed E-state index contributed by atoms with van der Waals surface area (Å²) in [4.78, 5) is 2.53. The summed E-state index contributed by atoms with van der Waals surface area (Å²) in [7, 11) is 0. The van der Waals surface area contributed by atoms with Crippen LogP contribution in [0.5, 0.6) is 0 Å². The van der Waals surface area contributed by atoms with Crippen molar-refractivity contribution in [3.8, 4) is 0 Å². The second-order valence-corrected chi connectivity index (χ2v) is 3.98. The van der Waals surface area contributed by atoms with Crippen molar-refractivity contribution in [1.29, 1.82) is 0 Å². The zero-order chi connectivity index (χ0) is 7.84. The highest BCUT2D eigenvalue weighted by atomic mass is 16.5. The fraction of sp³-hybridized carbons (Fsp3) is 1.00. The van der Waals surface area contributed by atoms with E-state index in [4.69, 9.17) is 4.74 Å². The third kappa shape index (κ3) is 1.18. The van der Waals surface area contributed by atoms with Gasteiger partial charge in [0.2, 0.25) is 0 Å². The molecule has 0 bridgehead atoms. The molecule has 0 spiro atoms.